The first-order chi connectivity index (χ1) is 16.1. The van der Waals surface area contributed by atoms with Gasteiger partial charge in [-0.1, -0.05) is 51.9 Å². The highest BCUT2D eigenvalue weighted by Gasteiger charge is 2.51. The van der Waals surface area contributed by atoms with E-state index in [1.54, 1.807) is 0 Å². The maximum Gasteiger partial charge on any atom is 0.412 e. The summed E-state index contributed by atoms with van der Waals surface area (Å²) in [5.74, 6) is 1.23. The van der Waals surface area contributed by atoms with E-state index in [2.05, 4.69) is 24.0 Å². The summed E-state index contributed by atoms with van der Waals surface area (Å²) in [5.41, 5.74) is 0.220. The van der Waals surface area contributed by atoms with Crippen LogP contribution < -0.4 is 0 Å². The summed E-state index contributed by atoms with van der Waals surface area (Å²) in [6.07, 6.45) is 16.7. The summed E-state index contributed by atoms with van der Waals surface area (Å²) in [5, 5.41) is 0. The lowest BCUT2D eigenvalue weighted by atomic mass is 9.82. The zero-order valence-electron chi connectivity index (χ0n) is 22.5. The Balaban J connectivity index is 1.72. The maximum atomic E-state index is 13.3. The van der Waals surface area contributed by atoms with Crippen molar-refractivity contribution in [1.29, 1.82) is 0 Å². The Hall–Kier alpha value is -1.62. The van der Waals surface area contributed by atoms with E-state index in [-0.39, 0.29) is 18.2 Å². The lowest BCUT2D eigenvalue weighted by Crippen LogP contribution is -2.50. The van der Waals surface area contributed by atoms with Crippen LogP contribution in [0.3, 0.4) is 0 Å². The molecule has 0 spiro atoms. The van der Waals surface area contributed by atoms with Crippen LogP contribution in [-0.2, 0) is 9.47 Å². The van der Waals surface area contributed by atoms with Crippen LogP contribution in [0.5, 0.6) is 0 Å². The quantitative estimate of drug-likeness (QED) is 0.367. The van der Waals surface area contributed by atoms with Gasteiger partial charge < -0.3 is 9.47 Å². The van der Waals surface area contributed by atoms with Crippen LogP contribution in [0, 0.1) is 5.92 Å². The van der Waals surface area contributed by atoms with Gasteiger partial charge in [-0.2, -0.15) is 0 Å². The molecule has 34 heavy (non-hydrogen) atoms. The van der Waals surface area contributed by atoms with Gasteiger partial charge in [-0.05, 0) is 89.8 Å². The Morgan fingerprint density at radius 3 is 2.47 bits per heavy atom. The van der Waals surface area contributed by atoms with Crippen LogP contribution in [0.25, 0.3) is 0 Å². The third-order valence-electron chi connectivity index (χ3n) is 7.53. The Labute approximate surface area is 208 Å². The van der Waals surface area contributed by atoms with Crippen molar-refractivity contribution in [3.63, 3.8) is 0 Å². The zero-order chi connectivity index (χ0) is 24.8. The number of hydrogen-bond acceptors (Lipinski definition) is 4. The molecule has 2 fully saturated rings. The van der Waals surface area contributed by atoms with E-state index in [1.165, 1.54) is 50.5 Å². The van der Waals surface area contributed by atoms with Gasteiger partial charge in [0.25, 0.3) is 0 Å². The molecule has 0 aromatic carbocycles. The van der Waals surface area contributed by atoms with E-state index in [0.29, 0.717) is 11.8 Å². The fraction of sp³-hybridized carbons (Fsp3) is 0.793. The Bertz CT molecular complexity index is 752. The van der Waals surface area contributed by atoms with Crippen molar-refractivity contribution < 1.29 is 14.3 Å². The van der Waals surface area contributed by atoms with Gasteiger partial charge in [0.2, 0.25) is 0 Å². The number of rotatable bonds is 9. The van der Waals surface area contributed by atoms with E-state index in [9.17, 15) is 4.79 Å². The fourth-order valence-corrected chi connectivity index (χ4v) is 6.04. The zero-order valence-corrected chi connectivity index (χ0v) is 22.5. The van der Waals surface area contributed by atoms with Crippen LogP contribution in [0.4, 0.5) is 4.79 Å². The second kappa shape index (κ2) is 11.9. The Kier molecular flexibility index (Phi) is 9.42. The topological polar surface area (TPSA) is 51.7 Å². The molecule has 1 aliphatic heterocycles. The average molecular weight is 473 g/mol. The molecule has 1 aromatic heterocycles. The first-order valence-corrected chi connectivity index (χ1v) is 13.7. The van der Waals surface area contributed by atoms with E-state index in [1.807, 2.05) is 51.9 Å². The van der Waals surface area contributed by atoms with Crippen LogP contribution in [0.15, 0.2) is 24.5 Å². The van der Waals surface area contributed by atoms with Crippen molar-refractivity contribution in [2.45, 2.75) is 142 Å². The molecule has 5 heteroatoms. The number of carbonyl (C=O) groups is 1. The summed E-state index contributed by atoms with van der Waals surface area (Å²) in [6.45, 7) is 12.1. The number of pyridine rings is 1. The van der Waals surface area contributed by atoms with Gasteiger partial charge in [-0.3, -0.25) is 9.88 Å². The summed E-state index contributed by atoms with van der Waals surface area (Å²) in [7, 11) is 0. The number of aromatic nitrogens is 1. The molecule has 192 valence electrons. The Morgan fingerprint density at radius 1 is 1.18 bits per heavy atom. The number of hydrogen-bond donors (Lipinski definition) is 0. The predicted molar refractivity (Wildman–Crippen MR) is 138 cm³/mol. The van der Waals surface area contributed by atoms with Gasteiger partial charge in [-0.25, -0.2) is 4.79 Å². The molecular formula is C29H48N2O3. The lowest BCUT2D eigenvalue weighted by Gasteiger charge is -2.37. The monoisotopic (exact) mass is 472 g/mol. The summed E-state index contributed by atoms with van der Waals surface area (Å²) < 4.78 is 12.5. The smallest absolute Gasteiger partial charge is 0.412 e. The molecule has 0 bridgehead atoms. The molecule has 3 rings (SSSR count). The molecule has 1 amide bonds. The SMILES string of the molecule is CCCC(CCCC1OC(C)(C)N(C(=O)OC(C)(C)C)C1CC1CCCCC1)c1ccncc1. The average Bonchev–Trinajstić information content (AvgIpc) is 3.02. The number of ether oxygens (including phenoxy) is 2. The molecule has 2 aliphatic rings. The maximum absolute atomic E-state index is 13.3. The highest BCUT2D eigenvalue weighted by Crippen LogP contribution is 2.41. The highest BCUT2D eigenvalue weighted by molar-refractivity contribution is 5.70. The highest BCUT2D eigenvalue weighted by atomic mass is 16.6. The molecule has 1 aliphatic carbocycles. The van der Waals surface area contributed by atoms with Crippen molar-refractivity contribution >= 4 is 6.09 Å². The van der Waals surface area contributed by atoms with Gasteiger partial charge in [0.05, 0.1) is 12.1 Å². The molecule has 3 unspecified atom stereocenters. The van der Waals surface area contributed by atoms with Crippen molar-refractivity contribution in [2.75, 3.05) is 0 Å². The molecule has 1 saturated carbocycles. The number of nitrogens with zero attached hydrogens (tertiary/aromatic N) is 2. The van der Waals surface area contributed by atoms with Gasteiger partial charge in [0, 0.05) is 12.4 Å². The molecule has 2 heterocycles. The van der Waals surface area contributed by atoms with Crippen molar-refractivity contribution in [3.05, 3.63) is 30.1 Å². The van der Waals surface area contributed by atoms with Crippen LogP contribution in [0.2, 0.25) is 0 Å². The van der Waals surface area contributed by atoms with Gasteiger partial charge in [-0.15, -0.1) is 0 Å². The van der Waals surface area contributed by atoms with Crippen molar-refractivity contribution in [2.24, 2.45) is 5.92 Å². The number of carbonyl (C=O) groups excluding carboxylic acids is 1. The molecule has 0 N–H and O–H groups in total. The third-order valence-corrected chi connectivity index (χ3v) is 7.53. The summed E-state index contributed by atoms with van der Waals surface area (Å²) >= 11 is 0. The fourth-order valence-electron chi connectivity index (χ4n) is 6.04. The minimum atomic E-state index is -0.653. The largest absolute Gasteiger partial charge is 0.444 e. The Morgan fingerprint density at radius 2 is 1.85 bits per heavy atom. The van der Waals surface area contributed by atoms with E-state index in [4.69, 9.17) is 9.47 Å². The van der Waals surface area contributed by atoms with Gasteiger partial charge >= 0.3 is 6.09 Å². The normalized spacial score (nSPS) is 24.2. The van der Waals surface area contributed by atoms with Crippen LogP contribution in [0.1, 0.15) is 124 Å². The standard InChI is InChI=1S/C29H48N2O3/c1-7-12-23(24-17-19-30-20-18-24)15-11-16-26-25(21-22-13-9-8-10-14-22)31(29(5,6)33-26)27(32)34-28(2,3)4/h17-20,22-23,25-26H,7-16,21H2,1-6H3. The van der Waals surface area contributed by atoms with Gasteiger partial charge in [0.1, 0.15) is 11.3 Å². The van der Waals surface area contributed by atoms with E-state index < -0.39 is 11.3 Å². The van der Waals surface area contributed by atoms with E-state index in [0.717, 1.165) is 25.7 Å². The van der Waals surface area contributed by atoms with Crippen LogP contribution in [-0.4, -0.2) is 39.4 Å². The first-order valence-electron chi connectivity index (χ1n) is 13.7. The third kappa shape index (κ3) is 7.44. The molecule has 1 saturated heterocycles. The van der Waals surface area contributed by atoms with Crippen molar-refractivity contribution in [1.82, 2.24) is 9.88 Å². The molecular weight excluding hydrogens is 424 g/mol. The second-order valence-corrected chi connectivity index (χ2v) is 12.0. The van der Waals surface area contributed by atoms with E-state index >= 15 is 0 Å². The first kappa shape index (κ1) is 27.0. The molecule has 0 radical (unpaired) electrons. The molecule has 3 atom stereocenters. The van der Waals surface area contributed by atoms with Crippen molar-refractivity contribution in [3.8, 4) is 0 Å². The minimum Gasteiger partial charge on any atom is -0.444 e. The lowest BCUT2D eigenvalue weighted by molar-refractivity contribution is -0.0802. The summed E-state index contributed by atoms with van der Waals surface area (Å²) in [6, 6.07) is 4.40. The van der Waals surface area contributed by atoms with Crippen LogP contribution >= 0.6 is 0 Å². The second-order valence-electron chi connectivity index (χ2n) is 12.0. The van der Waals surface area contributed by atoms with Gasteiger partial charge in [0.15, 0.2) is 0 Å². The molecule has 5 nitrogen and oxygen atoms in total. The number of amides is 1. The minimum absolute atomic E-state index is 0.0594. The summed E-state index contributed by atoms with van der Waals surface area (Å²) in [4.78, 5) is 19.5. The predicted octanol–water partition coefficient (Wildman–Crippen LogP) is 7.85. The molecule has 1 aromatic rings.